The van der Waals surface area contributed by atoms with Crippen LogP contribution in [-0.4, -0.2) is 65.8 Å². The van der Waals surface area contributed by atoms with Gasteiger partial charge in [0.25, 0.3) is 0 Å². The third-order valence-electron chi connectivity index (χ3n) is 6.69. The lowest BCUT2D eigenvalue weighted by molar-refractivity contribution is -0.151. The first-order valence-corrected chi connectivity index (χ1v) is 10.4. The van der Waals surface area contributed by atoms with Crippen LogP contribution in [0.4, 0.5) is 0 Å². The molecule has 0 aliphatic carbocycles. The second-order valence-electron chi connectivity index (χ2n) is 8.59. The van der Waals surface area contributed by atoms with Gasteiger partial charge in [-0.05, 0) is 50.4 Å². The number of cyclic esters (lactones) is 1. The smallest absolute Gasteiger partial charge is 0.312 e. The first kappa shape index (κ1) is 19.4. The van der Waals surface area contributed by atoms with Crippen LogP contribution in [0.25, 0.3) is 0 Å². The Labute approximate surface area is 166 Å². The van der Waals surface area contributed by atoms with Crippen molar-refractivity contribution in [3.8, 4) is 6.07 Å². The van der Waals surface area contributed by atoms with Gasteiger partial charge in [-0.3, -0.25) is 14.6 Å². The van der Waals surface area contributed by atoms with E-state index in [4.69, 9.17) is 4.74 Å². The molecule has 0 saturated carbocycles. The number of carbonyl (C=O) groups excluding carboxylic acids is 1. The molecule has 0 amide bonds. The number of likely N-dealkylation sites (tertiary alicyclic amines) is 2. The fourth-order valence-electron chi connectivity index (χ4n) is 4.88. The van der Waals surface area contributed by atoms with Crippen LogP contribution in [0.5, 0.6) is 0 Å². The van der Waals surface area contributed by atoms with Gasteiger partial charge in [0.05, 0.1) is 23.2 Å². The van der Waals surface area contributed by atoms with Gasteiger partial charge in [-0.2, -0.15) is 5.26 Å². The van der Waals surface area contributed by atoms with Gasteiger partial charge in [-0.15, -0.1) is 0 Å². The lowest BCUT2D eigenvalue weighted by Crippen LogP contribution is -2.42. The third kappa shape index (κ3) is 4.07. The number of piperidine rings is 2. The summed E-state index contributed by atoms with van der Waals surface area (Å²) in [6, 6.07) is 10.0. The van der Waals surface area contributed by atoms with E-state index < -0.39 is 0 Å². The molecule has 6 heteroatoms. The molecule has 1 aromatic rings. The highest BCUT2D eigenvalue weighted by Crippen LogP contribution is 2.43. The number of benzene rings is 1. The van der Waals surface area contributed by atoms with Crippen molar-refractivity contribution in [3.63, 3.8) is 0 Å². The zero-order valence-electron chi connectivity index (χ0n) is 16.3. The van der Waals surface area contributed by atoms with Gasteiger partial charge in [0, 0.05) is 32.6 Å². The van der Waals surface area contributed by atoms with Crippen LogP contribution in [0.15, 0.2) is 24.3 Å². The fraction of sp³-hybridized carbons (Fsp3) is 0.636. The summed E-state index contributed by atoms with van der Waals surface area (Å²) < 4.78 is 5.77. The van der Waals surface area contributed by atoms with Crippen LogP contribution in [0.2, 0.25) is 0 Å². The molecule has 150 valence electrons. The summed E-state index contributed by atoms with van der Waals surface area (Å²) in [5.41, 5.74) is 1.46. The van der Waals surface area contributed by atoms with Crippen LogP contribution in [0.3, 0.4) is 0 Å². The summed E-state index contributed by atoms with van der Waals surface area (Å²) in [4.78, 5) is 17.3. The molecule has 1 atom stereocenters. The number of ether oxygens (including phenoxy) is 1. The molecule has 3 aliphatic heterocycles. The minimum atomic E-state index is -0.328. The maximum atomic E-state index is 12.7. The van der Waals surface area contributed by atoms with Crippen molar-refractivity contribution in [2.24, 2.45) is 5.41 Å². The second-order valence-corrected chi connectivity index (χ2v) is 8.59. The molecule has 3 fully saturated rings. The van der Waals surface area contributed by atoms with Gasteiger partial charge in [0.1, 0.15) is 6.10 Å². The summed E-state index contributed by atoms with van der Waals surface area (Å²) in [7, 11) is 0. The Morgan fingerprint density at radius 3 is 2.57 bits per heavy atom. The predicted octanol–water partition coefficient (Wildman–Crippen LogP) is 1.91. The van der Waals surface area contributed by atoms with Crippen molar-refractivity contribution in [2.45, 2.75) is 50.9 Å². The summed E-state index contributed by atoms with van der Waals surface area (Å²) in [5, 5.41) is 18.9. The fourth-order valence-corrected chi connectivity index (χ4v) is 4.88. The van der Waals surface area contributed by atoms with E-state index >= 15 is 0 Å². The molecule has 1 N–H and O–H groups in total. The van der Waals surface area contributed by atoms with E-state index in [-0.39, 0.29) is 23.6 Å². The van der Waals surface area contributed by atoms with E-state index in [0.29, 0.717) is 0 Å². The maximum absolute atomic E-state index is 12.7. The number of esters is 1. The SMILES string of the molecule is N#Cc1ccccc1CN1CCC2(CC1)CC(CN1CCC(O)CC1)OC2=O. The van der Waals surface area contributed by atoms with Crippen molar-refractivity contribution >= 4 is 5.97 Å². The Kier molecular flexibility index (Phi) is 5.68. The van der Waals surface area contributed by atoms with Crippen molar-refractivity contribution in [1.29, 1.82) is 5.26 Å². The Bertz CT molecular complexity index is 744. The topological polar surface area (TPSA) is 76.8 Å². The Balaban J connectivity index is 1.31. The number of rotatable bonds is 4. The minimum Gasteiger partial charge on any atom is -0.461 e. The highest BCUT2D eigenvalue weighted by Gasteiger charge is 2.50. The molecule has 3 heterocycles. The van der Waals surface area contributed by atoms with E-state index in [0.717, 1.165) is 82.5 Å². The van der Waals surface area contributed by atoms with Crippen LogP contribution in [0.1, 0.15) is 43.2 Å². The molecule has 1 unspecified atom stereocenters. The number of aliphatic hydroxyl groups excluding tert-OH is 1. The normalized spacial score (nSPS) is 26.3. The van der Waals surface area contributed by atoms with Crippen molar-refractivity contribution < 1.29 is 14.6 Å². The summed E-state index contributed by atoms with van der Waals surface area (Å²) in [6.45, 7) is 5.03. The first-order valence-electron chi connectivity index (χ1n) is 10.4. The number of nitriles is 1. The molecule has 3 saturated heterocycles. The zero-order valence-corrected chi connectivity index (χ0v) is 16.3. The van der Waals surface area contributed by atoms with E-state index in [1.807, 2.05) is 24.3 Å². The van der Waals surface area contributed by atoms with Gasteiger partial charge < -0.3 is 9.84 Å². The first-order chi connectivity index (χ1) is 13.6. The standard InChI is InChI=1S/C22H29N3O3/c23-14-17-3-1-2-4-18(17)15-25-11-7-22(8-12-25)13-20(28-21(22)27)16-24-9-5-19(26)6-10-24/h1-4,19-20,26H,5-13,15-16H2. The molecule has 0 radical (unpaired) electrons. The molecular formula is C22H29N3O3. The highest BCUT2D eigenvalue weighted by molar-refractivity contribution is 5.79. The molecule has 0 aromatic heterocycles. The van der Waals surface area contributed by atoms with Crippen molar-refractivity contribution in [2.75, 3.05) is 32.7 Å². The molecular weight excluding hydrogens is 354 g/mol. The monoisotopic (exact) mass is 383 g/mol. The number of carbonyl (C=O) groups is 1. The van der Waals surface area contributed by atoms with Crippen LogP contribution >= 0.6 is 0 Å². The largest absolute Gasteiger partial charge is 0.461 e. The maximum Gasteiger partial charge on any atom is 0.312 e. The third-order valence-corrected chi connectivity index (χ3v) is 6.69. The van der Waals surface area contributed by atoms with E-state index in [1.165, 1.54) is 0 Å². The number of hydrogen-bond acceptors (Lipinski definition) is 6. The Morgan fingerprint density at radius 2 is 1.86 bits per heavy atom. The molecule has 0 bridgehead atoms. The quantitative estimate of drug-likeness (QED) is 0.801. The molecule has 6 nitrogen and oxygen atoms in total. The van der Waals surface area contributed by atoms with Crippen molar-refractivity contribution in [3.05, 3.63) is 35.4 Å². The van der Waals surface area contributed by atoms with Crippen molar-refractivity contribution in [1.82, 2.24) is 9.80 Å². The van der Waals surface area contributed by atoms with E-state index in [1.54, 1.807) is 0 Å². The van der Waals surface area contributed by atoms with Crippen LogP contribution in [-0.2, 0) is 16.1 Å². The van der Waals surface area contributed by atoms with Gasteiger partial charge in [0.2, 0.25) is 0 Å². The number of hydrogen-bond donors (Lipinski definition) is 1. The van der Waals surface area contributed by atoms with Crippen LogP contribution in [0, 0.1) is 16.7 Å². The van der Waals surface area contributed by atoms with E-state index in [9.17, 15) is 15.2 Å². The number of aliphatic hydroxyl groups is 1. The molecule has 1 spiro atoms. The summed E-state index contributed by atoms with van der Waals surface area (Å²) in [6.07, 6.45) is 3.90. The number of nitrogens with zero attached hydrogens (tertiary/aromatic N) is 3. The van der Waals surface area contributed by atoms with Gasteiger partial charge in [-0.25, -0.2) is 0 Å². The zero-order chi connectivity index (χ0) is 19.6. The van der Waals surface area contributed by atoms with Crippen LogP contribution < -0.4 is 0 Å². The van der Waals surface area contributed by atoms with Gasteiger partial charge >= 0.3 is 5.97 Å². The lowest BCUT2D eigenvalue weighted by Gasteiger charge is -2.36. The van der Waals surface area contributed by atoms with Gasteiger partial charge in [0.15, 0.2) is 0 Å². The summed E-state index contributed by atoms with van der Waals surface area (Å²) in [5.74, 6) is -0.0216. The Morgan fingerprint density at radius 1 is 1.14 bits per heavy atom. The summed E-state index contributed by atoms with van der Waals surface area (Å²) >= 11 is 0. The molecule has 28 heavy (non-hydrogen) atoms. The second kappa shape index (κ2) is 8.20. The molecule has 3 aliphatic rings. The van der Waals surface area contributed by atoms with E-state index in [2.05, 4.69) is 15.9 Å². The highest BCUT2D eigenvalue weighted by atomic mass is 16.6. The molecule has 1 aromatic carbocycles. The minimum absolute atomic E-state index is 0.0198. The predicted molar refractivity (Wildman–Crippen MR) is 104 cm³/mol. The average molecular weight is 383 g/mol. The molecule has 4 rings (SSSR count). The lowest BCUT2D eigenvalue weighted by atomic mass is 9.76. The van der Waals surface area contributed by atoms with Gasteiger partial charge in [-0.1, -0.05) is 18.2 Å². The Hall–Kier alpha value is -1.94. The average Bonchev–Trinajstić information content (AvgIpc) is 3.00.